The fourth-order valence-corrected chi connectivity index (χ4v) is 0.411. The van der Waals surface area contributed by atoms with Crippen molar-refractivity contribution >= 4 is 0 Å². The summed E-state index contributed by atoms with van der Waals surface area (Å²) in [6.45, 7) is 1.56. The summed E-state index contributed by atoms with van der Waals surface area (Å²) in [5.41, 5.74) is 0.398. The third-order valence-electron chi connectivity index (χ3n) is 0.903. The molecule has 4 nitrogen and oxygen atoms in total. The van der Waals surface area contributed by atoms with E-state index in [9.17, 15) is 10.2 Å². The molecule has 1 aromatic rings. The van der Waals surface area contributed by atoms with Gasteiger partial charge >= 0.3 is 0 Å². The average Bonchev–Trinajstić information content (AvgIpc) is 1.80. The normalized spacial score (nSPS) is 9.44. The third-order valence-corrected chi connectivity index (χ3v) is 0.903. The largest absolute Gasteiger partial charge is 0.858 e. The average molecular weight is 124 g/mol. The number of aryl methyl sites for hydroxylation is 1. The van der Waals surface area contributed by atoms with Gasteiger partial charge in [-0.25, -0.2) is 0 Å². The minimum Gasteiger partial charge on any atom is -0.858 e. The molecule has 0 N–H and O–H groups in total. The fraction of sp³-hybridized carbons (Fsp3) is 0.200. The van der Waals surface area contributed by atoms with Crippen LogP contribution in [0.15, 0.2) is 6.20 Å². The first-order chi connectivity index (χ1) is 4.20. The van der Waals surface area contributed by atoms with Gasteiger partial charge in [-0.15, -0.1) is 0 Å². The van der Waals surface area contributed by atoms with Crippen molar-refractivity contribution in [2.75, 3.05) is 0 Å². The Morgan fingerprint density at radius 2 is 2.11 bits per heavy atom. The highest BCUT2D eigenvalue weighted by molar-refractivity contribution is 5.19. The maximum absolute atomic E-state index is 10.5. The van der Waals surface area contributed by atoms with E-state index in [1.807, 2.05) is 0 Å². The van der Waals surface area contributed by atoms with E-state index in [1.54, 1.807) is 6.92 Å². The molecular formula is C5H4N2O2-2. The van der Waals surface area contributed by atoms with E-state index in [4.69, 9.17) is 0 Å². The molecule has 0 unspecified atom stereocenters. The van der Waals surface area contributed by atoms with Gasteiger partial charge in [-0.3, -0.25) is 9.97 Å². The van der Waals surface area contributed by atoms with Crippen LogP contribution >= 0.6 is 0 Å². The molecule has 1 aromatic heterocycles. The van der Waals surface area contributed by atoms with Crippen LogP contribution in [0.4, 0.5) is 0 Å². The van der Waals surface area contributed by atoms with Crippen molar-refractivity contribution in [3.8, 4) is 11.9 Å². The van der Waals surface area contributed by atoms with Gasteiger partial charge in [0.2, 0.25) is 0 Å². The summed E-state index contributed by atoms with van der Waals surface area (Å²) in [4.78, 5) is 6.32. The molecular weight excluding hydrogens is 120 g/mol. The summed E-state index contributed by atoms with van der Waals surface area (Å²) in [6, 6.07) is -0.717. The zero-order valence-corrected chi connectivity index (χ0v) is 4.79. The van der Waals surface area contributed by atoms with Crippen LogP contribution in [0.2, 0.25) is 0 Å². The van der Waals surface area contributed by atoms with Crippen LogP contribution in [-0.2, 0) is 0 Å². The van der Waals surface area contributed by atoms with E-state index in [1.165, 1.54) is 6.20 Å². The summed E-state index contributed by atoms with van der Waals surface area (Å²) in [5.74, 6) is -0.491. The second-order valence-corrected chi connectivity index (χ2v) is 1.64. The minimum atomic E-state index is -0.717. The minimum absolute atomic E-state index is 0.398. The van der Waals surface area contributed by atoms with E-state index in [-0.39, 0.29) is 0 Å². The molecule has 0 aromatic carbocycles. The first kappa shape index (κ1) is 5.81. The number of nitrogens with zero attached hydrogens (tertiary/aromatic N) is 2. The van der Waals surface area contributed by atoms with Gasteiger partial charge < -0.3 is 10.2 Å². The van der Waals surface area contributed by atoms with Crippen LogP contribution in [0, 0.1) is 6.92 Å². The lowest BCUT2D eigenvalue weighted by atomic mass is 10.4. The van der Waals surface area contributed by atoms with E-state index in [0.717, 1.165) is 0 Å². The Kier molecular flexibility index (Phi) is 1.22. The molecule has 0 radical (unpaired) electrons. The maximum atomic E-state index is 10.5. The molecule has 0 bridgehead atoms. The predicted octanol–water partition coefficient (Wildman–Crippen LogP) is -1.07. The molecule has 9 heavy (non-hydrogen) atoms. The molecule has 0 aliphatic heterocycles. The molecule has 0 saturated carbocycles. The summed E-state index contributed by atoms with van der Waals surface area (Å²) >= 11 is 0. The van der Waals surface area contributed by atoms with Crippen molar-refractivity contribution in [2.24, 2.45) is 0 Å². The Bertz CT molecular complexity index is 224. The highest BCUT2D eigenvalue weighted by Crippen LogP contribution is 2.06. The van der Waals surface area contributed by atoms with Crippen LogP contribution in [0.3, 0.4) is 0 Å². The smallest absolute Gasteiger partial charge is 0.0813 e. The van der Waals surface area contributed by atoms with Gasteiger partial charge in [0.05, 0.1) is 6.01 Å². The Hall–Kier alpha value is -1.32. The van der Waals surface area contributed by atoms with Crippen molar-refractivity contribution in [1.29, 1.82) is 0 Å². The molecule has 0 saturated heterocycles. The fourth-order valence-electron chi connectivity index (χ4n) is 0.411. The summed E-state index contributed by atoms with van der Waals surface area (Å²) in [6.07, 6.45) is 1.22. The third kappa shape index (κ3) is 1.07. The second-order valence-electron chi connectivity index (χ2n) is 1.64. The van der Waals surface area contributed by atoms with E-state index in [0.29, 0.717) is 5.56 Å². The van der Waals surface area contributed by atoms with Gasteiger partial charge in [-0.05, 0) is 18.4 Å². The summed E-state index contributed by atoms with van der Waals surface area (Å²) < 4.78 is 0. The predicted molar refractivity (Wildman–Crippen MR) is 25.7 cm³/mol. The number of aromatic nitrogens is 2. The summed E-state index contributed by atoms with van der Waals surface area (Å²) in [7, 11) is 0. The van der Waals surface area contributed by atoms with E-state index >= 15 is 0 Å². The van der Waals surface area contributed by atoms with Crippen LogP contribution in [-0.4, -0.2) is 9.97 Å². The Morgan fingerprint density at radius 3 is 2.56 bits per heavy atom. The van der Waals surface area contributed by atoms with Crippen molar-refractivity contribution in [3.05, 3.63) is 11.8 Å². The lowest BCUT2D eigenvalue weighted by Gasteiger charge is -2.10. The number of rotatable bonds is 0. The number of hydrogen-bond acceptors (Lipinski definition) is 4. The topological polar surface area (TPSA) is 71.9 Å². The first-order valence-electron chi connectivity index (χ1n) is 2.38. The van der Waals surface area contributed by atoms with Crippen molar-refractivity contribution < 1.29 is 10.2 Å². The monoisotopic (exact) mass is 124 g/mol. The Morgan fingerprint density at radius 1 is 1.44 bits per heavy atom. The maximum Gasteiger partial charge on any atom is 0.0813 e. The molecule has 0 aliphatic carbocycles. The van der Waals surface area contributed by atoms with Crippen LogP contribution in [0.5, 0.6) is 11.9 Å². The molecule has 1 heterocycles. The van der Waals surface area contributed by atoms with Crippen LogP contribution < -0.4 is 10.2 Å². The molecule has 4 heteroatoms. The van der Waals surface area contributed by atoms with Gasteiger partial charge in [-0.2, -0.15) is 0 Å². The number of hydrogen-bond donors (Lipinski definition) is 0. The zero-order chi connectivity index (χ0) is 6.85. The zero-order valence-electron chi connectivity index (χ0n) is 4.79. The molecule has 0 spiro atoms. The Balaban J connectivity index is 3.17. The van der Waals surface area contributed by atoms with Crippen LogP contribution in [0.1, 0.15) is 5.56 Å². The molecule has 0 amide bonds. The SMILES string of the molecule is Cc1cnc([O-])nc1[O-]. The lowest BCUT2D eigenvalue weighted by molar-refractivity contribution is -0.297. The standard InChI is InChI=1S/C5H6N2O2/c1-3-2-6-5(9)7-4(3)8/h2H,1H3,(H2,6,7,8,9)/p-2. The van der Waals surface area contributed by atoms with Crippen molar-refractivity contribution in [1.82, 2.24) is 9.97 Å². The van der Waals surface area contributed by atoms with Gasteiger partial charge in [0, 0.05) is 6.20 Å². The van der Waals surface area contributed by atoms with Crippen molar-refractivity contribution in [3.63, 3.8) is 0 Å². The highest BCUT2D eigenvalue weighted by Gasteiger charge is 1.83. The van der Waals surface area contributed by atoms with Crippen molar-refractivity contribution in [2.45, 2.75) is 6.92 Å². The van der Waals surface area contributed by atoms with Gasteiger partial charge in [0.15, 0.2) is 0 Å². The highest BCUT2D eigenvalue weighted by atomic mass is 16.3. The van der Waals surface area contributed by atoms with Gasteiger partial charge in [-0.1, -0.05) is 0 Å². The molecule has 0 fully saturated rings. The quantitative estimate of drug-likeness (QED) is 0.441. The molecule has 0 aliphatic rings. The molecule has 0 atom stereocenters. The first-order valence-corrected chi connectivity index (χ1v) is 2.38. The second kappa shape index (κ2) is 1.89. The lowest BCUT2D eigenvalue weighted by Crippen LogP contribution is -2.03. The van der Waals surface area contributed by atoms with Gasteiger partial charge in [0.1, 0.15) is 0 Å². The van der Waals surface area contributed by atoms with E-state index in [2.05, 4.69) is 9.97 Å². The summed E-state index contributed by atoms with van der Waals surface area (Å²) in [5, 5.41) is 20.7. The Labute approximate surface area is 51.8 Å². The molecule has 48 valence electrons. The van der Waals surface area contributed by atoms with Gasteiger partial charge in [0.25, 0.3) is 0 Å². The van der Waals surface area contributed by atoms with E-state index < -0.39 is 11.9 Å². The molecule has 1 rings (SSSR count). The van der Waals surface area contributed by atoms with Crippen LogP contribution in [0.25, 0.3) is 0 Å².